The molecule has 1 nitrogen and oxygen atoms in total. The quantitative estimate of drug-likeness (QED) is 0.705. The van der Waals surface area contributed by atoms with Crippen LogP contribution in [0, 0.1) is 18.8 Å². The molecule has 0 radical (unpaired) electrons. The van der Waals surface area contributed by atoms with Crippen molar-refractivity contribution in [2.45, 2.75) is 52.0 Å². The van der Waals surface area contributed by atoms with Crippen molar-refractivity contribution in [1.82, 2.24) is 0 Å². The second-order valence-corrected chi connectivity index (χ2v) is 6.12. The monoisotopic (exact) mass is 266 g/mol. The van der Waals surface area contributed by atoms with E-state index in [0.29, 0.717) is 12.0 Å². The zero-order chi connectivity index (χ0) is 13.1. The summed E-state index contributed by atoms with van der Waals surface area (Å²) in [5, 5.41) is 0. The Labute approximate surface area is 115 Å². The number of ether oxygens (including phenoxy) is 1. The van der Waals surface area contributed by atoms with E-state index in [1.807, 2.05) is 6.07 Å². The van der Waals surface area contributed by atoms with Gasteiger partial charge in [-0.2, -0.15) is 0 Å². The third-order valence-corrected chi connectivity index (χ3v) is 4.15. The molecule has 0 spiro atoms. The first kappa shape index (κ1) is 13.7. The van der Waals surface area contributed by atoms with Crippen LogP contribution in [0.5, 0.6) is 5.75 Å². The topological polar surface area (TPSA) is 9.23 Å². The Morgan fingerprint density at radius 1 is 1.17 bits per heavy atom. The minimum absolute atomic E-state index is 0.354. The fourth-order valence-corrected chi connectivity index (χ4v) is 3.33. The minimum atomic E-state index is 0.354. The fraction of sp³-hybridized carbons (Fsp3) is 0.625. The van der Waals surface area contributed by atoms with Gasteiger partial charge in [-0.05, 0) is 43.6 Å². The summed E-state index contributed by atoms with van der Waals surface area (Å²) in [6.07, 6.45) is 4.02. The van der Waals surface area contributed by atoms with E-state index in [0.717, 1.165) is 23.1 Å². The number of aryl methyl sites for hydroxylation is 1. The van der Waals surface area contributed by atoms with Gasteiger partial charge in [-0.1, -0.05) is 32.0 Å². The molecule has 0 saturated heterocycles. The fourth-order valence-electron chi connectivity index (χ4n) is 3.12. The standard InChI is InChI=1S/C16H23ClO/c1-11-7-12(2)9-15(8-11)18-16-13(3)5-4-6-14(16)10-17/h4-6,11-12,15H,7-10H2,1-3H3. The van der Waals surface area contributed by atoms with Crippen LogP contribution in [-0.4, -0.2) is 6.10 Å². The Kier molecular flexibility index (Phi) is 4.55. The van der Waals surface area contributed by atoms with E-state index in [2.05, 4.69) is 32.9 Å². The molecule has 0 bridgehead atoms. The average molecular weight is 267 g/mol. The summed E-state index contributed by atoms with van der Waals surface area (Å²) in [6.45, 7) is 6.75. The van der Waals surface area contributed by atoms with Crippen molar-refractivity contribution >= 4 is 11.6 Å². The SMILES string of the molecule is Cc1cccc(CCl)c1OC1CC(C)CC(C)C1. The molecule has 1 saturated carbocycles. The van der Waals surface area contributed by atoms with Crippen molar-refractivity contribution in [3.8, 4) is 5.75 Å². The highest BCUT2D eigenvalue weighted by molar-refractivity contribution is 6.17. The van der Waals surface area contributed by atoms with Crippen LogP contribution in [0.15, 0.2) is 18.2 Å². The van der Waals surface area contributed by atoms with Crippen LogP contribution in [0.1, 0.15) is 44.2 Å². The first-order valence-corrected chi connectivity index (χ1v) is 7.44. The van der Waals surface area contributed by atoms with Crippen LogP contribution < -0.4 is 4.74 Å². The Hall–Kier alpha value is -0.690. The number of para-hydroxylation sites is 1. The van der Waals surface area contributed by atoms with E-state index >= 15 is 0 Å². The number of hydrogen-bond acceptors (Lipinski definition) is 1. The van der Waals surface area contributed by atoms with Crippen LogP contribution in [0.4, 0.5) is 0 Å². The molecule has 0 aromatic heterocycles. The maximum absolute atomic E-state index is 6.26. The highest BCUT2D eigenvalue weighted by Gasteiger charge is 2.26. The predicted octanol–water partition coefficient (Wildman–Crippen LogP) is 4.94. The zero-order valence-corrected chi connectivity index (χ0v) is 12.3. The highest BCUT2D eigenvalue weighted by Crippen LogP contribution is 2.34. The molecule has 1 aliphatic carbocycles. The lowest BCUT2D eigenvalue weighted by atomic mass is 9.82. The van der Waals surface area contributed by atoms with Crippen LogP contribution in [0.25, 0.3) is 0 Å². The Balaban J connectivity index is 2.13. The first-order valence-electron chi connectivity index (χ1n) is 6.91. The van der Waals surface area contributed by atoms with E-state index < -0.39 is 0 Å². The average Bonchev–Trinajstić information content (AvgIpc) is 2.30. The van der Waals surface area contributed by atoms with Crippen LogP contribution >= 0.6 is 11.6 Å². The van der Waals surface area contributed by atoms with Gasteiger partial charge in [-0.15, -0.1) is 11.6 Å². The summed E-state index contributed by atoms with van der Waals surface area (Å²) in [6, 6.07) is 6.21. The minimum Gasteiger partial charge on any atom is -0.490 e. The summed E-state index contributed by atoms with van der Waals surface area (Å²) in [5.74, 6) is 3.07. The number of rotatable bonds is 3. The van der Waals surface area contributed by atoms with Gasteiger partial charge in [0.05, 0.1) is 12.0 Å². The maximum atomic E-state index is 6.26. The molecule has 0 heterocycles. The highest BCUT2D eigenvalue weighted by atomic mass is 35.5. The molecule has 0 aliphatic heterocycles. The normalized spacial score (nSPS) is 28.1. The summed E-state index contributed by atoms with van der Waals surface area (Å²) in [5.41, 5.74) is 2.31. The molecule has 2 rings (SSSR count). The third-order valence-electron chi connectivity index (χ3n) is 3.86. The van der Waals surface area contributed by atoms with Crippen molar-refractivity contribution in [3.63, 3.8) is 0 Å². The van der Waals surface area contributed by atoms with Gasteiger partial charge in [-0.3, -0.25) is 0 Å². The Morgan fingerprint density at radius 3 is 2.44 bits per heavy atom. The number of halogens is 1. The van der Waals surface area contributed by atoms with E-state index in [1.165, 1.54) is 24.8 Å². The van der Waals surface area contributed by atoms with Crippen molar-refractivity contribution in [3.05, 3.63) is 29.3 Å². The molecule has 2 atom stereocenters. The van der Waals surface area contributed by atoms with Crippen molar-refractivity contribution in [2.24, 2.45) is 11.8 Å². The molecule has 1 fully saturated rings. The van der Waals surface area contributed by atoms with E-state index in [9.17, 15) is 0 Å². The Bertz CT molecular complexity index is 392. The van der Waals surface area contributed by atoms with Crippen molar-refractivity contribution < 1.29 is 4.74 Å². The van der Waals surface area contributed by atoms with Gasteiger partial charge in [0.25, 0.3) is 0 Å². The maximum Gasteiger partial charge on any atom is 0.127 e. The summed E-state index contributed by atoms with van der Waals surface area (Å²) in [7, 11) is 0. The van der Waals surface area contributed by atoms with Gasteiger partial charge in [0.1, 0.15) is 5.75 Å². The second kappa shape index (κ2) is 5.97. The largest absolute Gasteiger partial charge is 0.490 e. The molecule has 1 aliphatic rings. The first-order chi connectivity index (χ1) is 8.60. The van der Waals surface area contributed by atoms with Gasteiger partial charge >= 0.3 is 0 Å². The van der Waals surface area contributed by atoms with Crippen LogP contribution in [0.2, 0.25) is 0 Å². The molecule has 0 amide bonds. The van der Waals surface area contributed by atoms with Crippen molar-refractivity contribution in [1.29, 1.82) is 0 Å². The molecule has 100 valence electrons. The van der Waals surface area contributed by atoms with Gasteiger partial charge in [0, 0.05) is 5.56 Å². The third kappa shape index (κ3) is 3.20. The lowest BCUT2D eigenvalue weighted by Gasteiger charge is -2.32. The smallest absolute Gasteiger partial charge is 0.127 e. The lowest BCUT2D eigenvalue weighted by Crippen LogP contribution is -2.29. The predicted molar refractivity (Wildman–Crippen MR) is 77.3 cm³/mol. The second-order valence-electron chi connectivity index (χ2n) is 5.85. The summed E-state index contributed by atoms with van der Waals surface area (Å²) < 4.78 is 6.26. The Morgan fingerprint density at radius 2 is 1.83 bits per heavy atom. The molecule has 18 heavy (non-hydrogen) atoms. The van der Waals surface area contributed by atoms with E-state index in [4.69, 9.17) is 16.3 Å². The molecular weight excluding hydrogens is 244 g/mol. The van der Waals surface area contributed by atoms with Crippen LogP contribution in [-0.2, 0) is 5.88 Å². The summed E-state index contributed by atoms with van der Waals surface area (Å²) >= 11 is 6.00. The number of alkyl halides is 1. The van der Waals surface area contributed by atoms with Gasteiger partial charge in [-0.25, -0.2) is 0 Å². The molecular formula is C16H23ClO. The lowest BCUT2D eigenvalue weighted by molar-refractivity contribution is 0.0996. The zero-order valence-electron chi connectivity index (χ0n) is 11.6. The van der Waals surface area contributed by atoms with E-state index in [1.54, 1.807) is 0 Å². The molecule has 2 heteroatoms. The van der Waals surface area contributed by atoms with E-state index in [-0.39, 0.29) is 0 Å². The summed E-state index contributed by atoms with van der Waals surface area (Å²) in [4.78, 5) is 0. The van der Waals surface area contributed by atoms with Crippen molar-refractivity contribution in [2.75, 3.05) is 0 Å². The van der Waals surface area contributed by atoms with Gasteiger partial charge in [0.15, 0.2) is 0 Å². The molecule has 2 unspecified atom stereocenters. The molecule has 1 aromatic rings. The van der Waals surface area contributed by atoms with Gasteiger partial charge < -0.3 is 4.74 Å². The molecule has 0 N–H and O–H groups in total. The van der Waals surface area contributed by atoms with Gasteiger partial charge in [0.2, 0.25) is 0 Å². The molecule has 1 aromatic carbocycles. The number of benzene rings is 1. The van der Waals surface area contributed by atoms with Crippen LogP contribution in [0.3, 0.4) is 0 Å². The number of hydrogen-bond donors (Lipinski definition) is 0.